The first-order chi connectivity index (χ1) is 12.1. The Morgan fingerprint density at radius 3 is 2.88 bits per heavy atom. The SMILES string of the molecule is Cn1cc(Cl)c(C(=O)Nc2nc(-c3ccccn3)nc3sccc23)n1. The number of aromatic nitrogens is 5. The minimum Gasteiger partial charge on any atom is -0.304 e. The predicted octanol–water partition coefficient (Wildman–Crippen LogP) is 3.39. The second-order valence-corrected chi connectivity index (χ2v) is 6.51. The molecule has 0 aromatic carbocycles. The molecule has 0 saturated carbocycles. The monoisotopic (exact) mass is 370 g/mol. The Hall–Kier alpha value is -2.84. The number of rotatable bonds is 3. The number of hydrogen-bond donors (Lipinski definition) is 1. The molecule has 7 nitrogen and oxygen atoms in total. The summed E-state index contributed by atoms with van der Waals surface area (Å²) in [5.41, 5.74) is 0.773. The van der Waals surface area contributed by atoms with Gasteiger partial charge in [0.25, 0.3) is 5.91 Å². The van der Waals surface area contributed by atoms with Crippen molar-refractivity contribution in [3.05, 3.63) is 52.8 Å². The number of thiophene rings is 1. The van der Waals surface area contributed by atoms with Crippen molar-refractivity contribution in [3.63, 3.8) is 0 Å². The molecule has 0 aliphatic rings. The summed E-state index contributed by atoms with van der Waals surface area (Å²) < 4.78 is 1.48. The number of halogens is 1. The Morgan fingerprint density at radius 1 is 1.28 bits per heavy atom. The van der Waals surface area contributed by atoms with Crippen LogP contribution in [0.5, 0.6) is 0 Å². The molecule has 4 aromatic heterocycles. The normalized spacial score (nSPS) is 11.0. The van der Waals surface area contributed by atoms with E-state index in [-0.39, 0.29) is 10.7 Å². The van der Waals surface area contributed by atoms with Crippen LogP contribution < -0.4 is 5.32 Å². The lowest BCUT2D eigenvalue weighted by atomic mass is 10.3. The van der Waals surface area contributed by atoms with E-state index < -0.39 is 5.91 Å². The molecule has 0 aliphatic heterocycles. The number of pyridine rings is 1. The summed E-state index contributed by atoms with van der Waals surface area (Å²) in [6.45, 7) is 0. The van der Waals surface area contributed by atoms with Crippen molar-refractivity contribution in [1.82, 2.24) is 24.7 Å². The van der Waals surface area contributed by atoms with Crippen LogP contribution in [0.15, 0.2) is 42.0 Å². The molecule has 0 bridgehead atoms. The lowest BCUT2D eigenvalue weighted by molar-refractivity contribution is 0.102. The Kier molecular flexibility index (Phi) is 3.90. The van der Waals surface area contributed by atoms with E-state index in [0.717, 1.165) is 10.2 Å². The Balaban J connectivity index is 1.77. The summed E-state index contributed by atoms with van der Waals surface area (Å²) in [5.74, 6) is 0.417. The van der Waals surface area contributed by atoms with E-state index >= 15 is 0 Å². The number of fused-ring (bicyclic) bond motifs is 1. The van der Waals surface area contributed by atoms with Gasteiger partial charge in [-0.25, -0.2) is 9.97 Å². The van der Waals surface area contributed by atoms with E-state index in [9.17, 15) is 4.79 Å². The molecule has 25 heavy (non-hydrogen) atoms. The Bertz CT molecular complexity index is 1070. The Labute approximate surface area is 151 Å². The van der Waals surface area contributed by atoms with Gasteiger partial charge in [0, 0.05) is 19.4 Å². The van der Waals surface area contributed by atoms with Crippen LogP contribution in [0.3, 0.4) is 0 Å². The van der Waals surface area contributed by atoms with Gasteiger partial charge in [0.2, 0.25) is 0 Å². The highest BCUT2D eigenvalue weighted by atomic mass is 35.5. The van der Waals surface area contributed by atoms with Crippen LogP contribution in [-0.2, 0) is 7.05 Å². The molecule has 0 radical (unpaired) electrons. The van der Waals surface area contributed by atoms with Crippen molar-refractivity contribution >= 4 is 44.9 Å². The first kappa shape index (κ1) is 15.7. The lowest BCUT2D eigenvalue weighted by Crippen LogP contribution is -2.15. The number of nitrogens with one attached hydrogen (secondary N) is 1. The maximum absolute atomic E-state index is 12.5. The fraction of sp³-hybridized carbons (Fsp3) is 0.0625. The van der Waals surface area contributed by atoms with Crippen LogP contribution in [0.25, 0.3) is 21.7 Å². The molecule has 0 saturated heterocycles. The number of carbonyl (C=O) groups excluding carboxylic acids is 1. The minimum absolute atomic E-state index is 0.144. The van der Waals surface area contributed by atoms with E-state index in [1.54, 1.807) is 19.4 Å². The van der Waals surface area contributed by atoms with Crippen LogP contribution in [-0.4, -0.2) is 30.6 Å². The highest BCUT2D eigenvalue weighted by Gasteiger charge is 2.18. The fourth-order valence-corrected chi connectivity index (χ4v) is 3.37. The number of aryl methyl sites for hydroxylation is 1. The number of carbonyl (C=O) groups is 1. The Morgan fingerprint density at radius 2 is 2.16 bits per heavy atom. The first-order valence-corrected chi connectivity index (χ1v) is 8.55. The number of hydrogen-bond acceptors (Lipinski definition) is 6. The highest BCUT2D eigenvalue weighted by Crippen LogP contribution is 2.28. The molecule has 0 aliphatic carbocycles. The smallest absolute Gasteiger partial charge is 0.278 e. The minimum atomic E-state index is -0.427. The largest absolute Gasteiger partial charge is 0.304 e. The van der Waals surface area contributed by atoms with Gasteiger partial charge in [-0.1, -0.05) is 17.7 Å². The van der Waals surface area contributed by atoms with Crippen LogP contribution >= 0.6 is 22.9 Å². The molecule has 1 amide bonds. The van der Waals surface area contributed by atoms with Gasteiger partial charge in [-0.3, -0.25) is 14.5 Å². The fourth-order valence-electron chi connectivity index (χ4n) is 2.34. The number of nitrogens with zero attached hydrogens (tertiary/aromatic N) is 5. The summed E-state index contributed by atoms with van der Waals surface area (Å²) in [7, 11) is 1.70. The van der Waals surface area contributed by atoms with Gasteiger partial charge < -0.3 is 5.32 Å². The zero-order valence-electron chi connectivity index (χ0n) is 13.0. The van der Waals surface area contributed by atoms with Crippen molar-refractivity contribution in [2.75, 3.05) is 5.32 Å². The van der Waals surface area contributed by atoms with Gasteiger partial charge in [-0.15, -0.1) is 11.3 Å². The molecule has 124 valence electrons. The summed E-state index contributed by atoms with van der Waals surface area (Å²) in [4.78, 5) is 26.5. The molecular formula is C16H11ClN6OS. The van der Waals surface area contributed by atoms with Crippen molar-refractivity contribution < 1.29 is 4.79 Å². The second-order valence-electron chi connectivity index (χ2n) is 5.20. The van der Waals surface area contributed by atoms with Crippen molar-refractivity contribution in [2.24, 2.45) is 7.05 Å². The van der Waals surface area contributed by atoms with Crippen molar-refractivity contribution in [2.45, 2.75) is 0 Å². The molecule has 0 fully saturated rings. The lowest BCUT2D eigenvalue weighted by Gasteiger charge is -2.07. The number of anilines is 1. The molecule has 4 heterocycles. The summed E-state index contributed by atoms with van der Waals surface area (Å²) in [5, 5.41) is 9.78. The van der Waals surface area contributed by atoms with Gasteiger partial charge >= 0.3 is 0 Å². The van der Waals surface area contributed by atoms with Crippen LogP contribution in [0, 0.1) is 0 Å². The average molecular weight is 371 g/mol. The third kappa shape index (κ3) is 2.97. The third-order valence-electron chi connectivity index (χ3n) is 3.45. The van der Waals surface area contributed by atoms with Crippen LogP contribution in [0.2, 0.25) is 5.02 Å². The van der Waals surface area contributed by atoms with E-state index in [1.807, 2.05) is 29.6 Å². The van der Waals surface area contributed by atoms with Crippen LogP contribution in [0.1, 0.15) is 10.5 Å². The predicted molar refractivity (Wildman–Crippen MR) is 96.8 cm³/mol. The molecular weight excluding hydrogens is 360 g/mol. The summed E-state index contributed by atoms with van der Waals surface area (Å²) >= 11 is 7.51. The molecule has 4 aromatic rings. The molecule has 1 N–H and O–H groups in total. The topological polar surface area (TPSA) is 85.6 Å². The molecule has 0 atom stereocenters. The zero-order chi connectivity index (χ0) is 17.4. The van der Waals surface area contributed by atoms with Crippen molar-refractivity contribution in [1.29, 1.82) is 0 Å². The molecule has 4 rings (SSSR count). The molecule has 9 heteroatoms. The van der Waals surface area contributed by atoms with E-state index in [4.69, 9.17) is 11.6 Å². The van der Waals surface area contributed by atoms with E-state index in [0.29, 0.717) is 17.3 Å². The van der Waals surface area contributed by atoms with Gasteiger partial charge in [0.1, 0.15) is 16.3 Å². The molecule has 0 spiro atoms. The van der Waals surface area contributed by atoms with E-state index in [1.165, 1.54) is 16.0 Å². The van der Waals surface area contributed by atoms with Gasteiger partial charge in [-0.2, -0.15) is 5.10 Å². The average Bonchev–Trinajstić information content (AvgIpc) is 3.21. The standard InChI is InChI=1S/C16H11ClN6OS/c1-23-8-10(17)12(22-23)15(24)20-13-9-5-7-25-16(9)21-14(19-13)11-4-2-3-6-18-11/h2-8H,1H3,(H,19,20,21,24). The van der Waals surface area contributed by atoms with Gasteiger partial charge in [-0.05, 0) is 23.6 Å². The van der Waals surface area contributed by atoms with Gasteiger partial charge in [0.05, 0.1) is 10.4 Å². The van der Waals surface area contributed by atoms with Crippen molar-refractivity contribution in [3.8, 4) is 11.5 Å². The maximum atomic E-state index is 12.5. The first-order valence-electron chi connectivity index (χ1n) is 7.29. The molecule has 0 unspecified atom stereocenters. The zero-order valence-corrected chi connectivity index (χ0v) is 14.5. The third-order valence-corrected chi connectivity index (χ3v) is 4.53. The van der Waals surface area contributed by atoms with Crippen LogP contribution in [0.4, 0.5) is 5.82 Å². The number of amides is 1. The summed E-state index contributed by atoms with van der Waals surface area (Å²) in [6.07, 6.45) is 3.24. The van der Waals surface area contributed by atoms with E-state index in [2.05, 4.69) is 25.4 Å². The maximum Gasteiger partial charge on any atom is 0.278 e. The highest BCUT2D eigenvalue weighted by molar-refractivity contribution is 7.16. The van der Waals surface area contributed by atoms with Gasteiger partial charge in [0.15, 0.2) is 11.5 Å². The second kappa shape index (κ2) is 6.23. The summed E-state index contributed by atoms with van der Waals surface area (Å²) in [6, 6.07) is 7.35. The quantitative estimate of drug-likeness (QED) is 0.597.